The molecule has 0 radical (unpaired) electrons. The van der Waals surface area contributed by atoms with Crippen molar-refractivity contribution in [3.63, 3.8) is 0 Å². The van der Waals surface area contributed by atoms with Gasteiger partial charge in [-0.15, -0.1) is 0 Å². The van der Waals surface area contributed by atoms with Gasteiger partial charge in [-0.25, -0.2) is 0 Å². The maximum atomic E-state index is 12.6. The zero-order valence-electron chi connectivity index (χ0n) is 14.3. The third-order valence-corrected chi connectivity index (χ3v) is 4.70. The van der Waals surface area contributed by atoms with Crippen LogP contribution in [0.4, 0.5) is 0 Å². The minimum Gasteiger partial charge on any atom is -0.496 e. The second kappa shape index (κ2) is 6.65. The van der Waals surface area contributed by atoms with Gasteiger partial charge in [-0.05, 0) is 29.3 Å². The topological polar surface area (TPSA) is 87.2 Å². The first kappa shape index (κ1) is 16.4. The first-order valence-electron chi connectivity index (χ1n) is 8.43. The number of nitrogens with zero attached hydrogens (tertiary/aromatic N) is 1. The highest BCUT2D eigenvalue weighted by atomic mass is 16.5. The lowest BCUT2D eigenvalue weighted by atomic mass is 10.1. The summed E-state index contributed by atoms with van der Waals surface area (Å²) in [5.74, 6) is 0.380. The summed E-state index contributed by atoms with van der Waals surface area (Å²) < 4.78 is 5.34. The molecule has 0 saturated carbocycles. The van der Waals surface area contributed by atoms with Crippen molar-refractivity contribution in [1.29, 1.82) is 0 Å². The molecule has 3 N–H and O–H groups in total. The highest BCUT2D eigenvalue weighted by Gasteiger charge is 2.32. The van der Waals surface area contributed by atoms with E-state index in [9.17, 15) is 9.90 Å². The largest absolute Gasteiger partial charge is 0.496 e. The van der Waals surface area contributed by atoms with Crippen molar-refractivity contribution in [2.45, 2.75) is 18.6 Å². The predicted octanol–water partition coefficient (Wildman–Crippen LogP) is 2.47. The number of H-pyrrole nitrogens is 1. The maximum Gasteiger partial charge on any atom is 0.269 e. The van der Waals surface area contributed by atoms with Crippen LogP contribution in [0, 0.1) is 0 Å². The van der Waals surface area contributed by atoms with E-state index in [1.165, 1.54) is 0 Å². The number of carbonyl (C=O) groups excluding carboxylic acids is 1. The van der Waals surface area contributed by atoms with E-state index < -0.39 is 12.1 Å². The molecule has 1 aliphatic rings. The molecule has 0 bridgehead atoms. The Morgan fingerprint density at radius 3 is 2.85 bits per heavy atom. The molecule has 2 unspecified atom stereocenters. The Kier molecular flexibility index (Phi) is 4.18. The lowest BCUT2D eigenvalue weighted by molar-refractivity contribution is 0.0853. The number of ether oxygens (including phenoxy) is 1. The Labute approximate surface area is 150 Å². The third kappa shape index (κ3) is 2.84. The molecule has 6 nitrogen and oxygen atoms in total. The fourth-order valence-corrected chi connectivity index (χ4v) is 3.40. The number of carbonyl (C=O) groups is 1. The molecule has 1 aromatic heterocycles. The molecule has 1 amide bonds. The standard InChI is InChI=1S/C20H19N3O3/c1-26-18-9-5-4-8-14(18)15-11-16(23-22-15)20(25)21-19-13-7-3-2-6-12(13)10-17(19)24/h2-9,11,17,19,24H,10H2,1H3,(H,21,25)(H,22,23). The average Bonchev–Trinajstić information content (AvgIpc) is 3.27. The molecular weight excluding hydrogens is 330 g/mol. The van der Waals surface area contributed by atoms with Gasteiger partial charge in [0.15, 0.2) is 0 Å². The van der Waals surface area contributed by atoms with Crippen molar-refractivity contribution in [2.24, 2.45) is 0 Å². The molecule has 1 heterocycles. The van der Waals surface area contributed by atoms with E-state index >= 15 is 0 Å². The van der Waals surface area contributed by atoms with Crippen molar-refractivity contribution in [1.82, 2.24) is 15.5 Å². The average molecular weight is 349 g/mol. The van der Waals surface area contributed by atoms with Crippen LogP contribution in [-0.2, 0) is 6.42 Å². The zero-order chi connectivity index (χ0) is 18.1. The van der Waals surface area contributed by atoms with Gasteiger partial charge in [0.25, 0.3) is 5.91 Å². The molecule has 0 spiro atoms. The van der Waals surface area contributed by atoms with E-state index in [1.807, 2.05) is 48.5 Å². The van der Waals surface area contributed by atoms with Gasteiger partial charge in [-0.1, -0.05) is 36.4 Å². The SMILES string of the molecule is COc1ccccc1-c1cc(C(=O)NC2c3ccccc3CC2O)[nH]n1. The molecular formula is C20H19N3O3. The van der Waals surface area contributed by atoms with Crippen molar-refractivity contribution < 1.29 is 14.6 Å². The van der Waals surface area contributed by atoms with Crippen molar-refractivity contribution in [3.05, 3.63) is 71.4 Å². The Balaban J connectivity index is 1.56. The number of aromatic nitrogens is 2. The molecule has 6 heteroatoms. The summed E-state index contributed by atoms with van der Waals surface area (Å²) in [6, 6.07) is 16.5. The van der Waals surface area contributed by atoms with Gasteiger partial charge in [0.2, 0.25) is 0 Å². The molecule has 3 aromatic rings. The van der Waals surface area contributed by atoms with Crippen molar-refractivity contribution in [2.75, 3.05) is 7.11 Å². The van der Waals surface area contributed by atoms with E-state index in [-0.39, 0.29) is 5.91 Å². The Hall–Kier alpha value is -3.12. The van der Waals surface area contributed by atoms with Crippen LogP contribution >= 0.6 is 0 Å². The molecule has 0 aliphatic heterocycles. The minimum atomic E-state index is -0.632. The lowest BCUT2D eigenvalue weighted by Crippen LogP contribution is -2.34. The molecule has 1 aliphatic carbocycles. The lowest BCUT2D eigenvalue weighted by Gasteiger charge is -2.17. The van der Waals surface area contributed by atoms with Crippen LogP contribution in [-0.4, -0.2) is 34.4 Å². The van der Waals surface area contributed by atoms with Gasteiger partial charge in [0.1, 0.15) is 11.4 Å². The Morgan fingerprint density at radius 2 is 2.00 bits per heavy atom. The Bertz CT molecular complexity index is 951. The van der Waals surface area contributed by atoms with Crippen LogP contribution in [0.3, 0.4) is 0 Å². The fraction of sp³-hybridized carbons (Fsp3) is 0.200. The van der Waals surface area contributed by atoms with E-state index in [4.69, 9.17) is 4.74 Å². The van der Waals surface area contributed by atoms with Crippen LogP contribution in [0.15, 0.2) is 54.6 Å². The Morgan fingerprint density at radius 1 is 1.23 bits per heavy atom. The monoisotopic (exact) mass is 349 g/mol. The number of hydrogen-bond donors (Lipinski definition) is 3. The number of rotatable bonds is 4. The van der Waals surface area contributed by atoms with Gasteiger partial charge in [-0.3, -0.25) is 9.89 Å². The minimum absolute atomic E-state index is 0.306. The quantitative estimate of drug-likeness (QED) is 0.675. The molecule has 2 atom stereocenters. The number of hydrogen-bond acceptors (Lipinski definition) is 4. The van der Waals surface area contributed by atoms with Crippen LogP contribution < -0.4 is 10.1 Å². The molecule has 132 valence electrons. The summed E-state index contributed by atoms with van der Waals surface area (Å²) in [6.45, 7) is 0. The van der Waals surface area contributed by atoms with Crippen molar-refractivity contribution in [3.8, 4) is 17.0 Å². The van der Waals surface area contributed by atoms with Crippen LogP contribution in [0.2, 0.25) is 0 Å². The number of fused-ring (bicyclic) bond motifs is 1. The number of nitrogens with one attached hydrogen (secondary N) is 2. The first-order valence-corrected chi connectivity index (χ1v) is 8.43. The number of aliphatic hydroxyl groups is 1. The molecule has 26 heavy (non-hydrogen) atoms. The molecule has 0 saturated heterocycles. The van der Waals surface area contributed by atoms with Gasteiger partial charge in [0.05, 0.1) is 24.9 Å². The number of para-hydroxylation sites is 1. The molecule has 2 aromatic carbocycles. The summed E-state index contributed by atoms with van der Waals surface area (Å²) in [7, 11) is 1.60. The number of aromatic amines is 1. The summed E-state index contributed by atoms with van der Waals surface area (Å²) >= 11 is 0. The second-order valence-corrected chi connectivity index (χ2v) is 6.29. The van der Waals surface area contributed by atoms with Gasteiger partial charge >= 0.3 is 0 Å². The van der Waals surface area contributed by atoms with Crippen molar-refractivity contribution >= 4 is 5.91 Å². The van der Waals surface area contributed by atoms with Crippen LogP contribution in [0.25, 0.3) is 11.3 Å². The van der Waals surface area contributed by atoms with E-state index in [1.54, 1.807) is 13.2 Å². The molecule has 0 fully saturated rings. The second-order valence-electron chi connectivity index (χ2n) is 6.29. The summed E-state index contributed by atoms with van der Waals surface area (Å²) in [4.78, 5) is 12.6. The molecule has 4 rings (SSSR count). The third-order valence-electron chi connectivity index (χ3n) is 4.70. The van der Waals surface area contributed by atoms with Crippen LogP contribution in [0.1, 0.15) is 27.7 Å². The van der Waals surface area contributed by atoms with E-state index in [0.29, 0.717) is 23.6 Å². The number of methoxy groups -OCH3 is 1. The zero-order valence-corrected chi connectivity index (χ0v) is 14.3. The highest BCUT2D eigenvalue weighted by Crippen LogP contribution is 2.32. The fourth-order valence-electron chi connectivity index (χ4n) is 3.40. The summed E-state index contributed by atoms with van der Waals surface area (Å²) in [5.41, 5.74) is 3.78. The van der Waals surface area contributed by atoms with E-state index in [2.05, 4.69) is 15.5 Å². The van der Waals surface area contributed by atoms with Gasteiger partial charge in [-0.2, -0.15) is 5.10 Å². The first-order chi connectivity index (χ1) is 12.7. The summed E-state index contributed by atoms with van der Waals surface area (Å²) in [5, 5.41) is 20.2. The smallest absolute Gasteiger partial charge is 0.269 e. The number of benzene rings is 2. The number of amides is 1. The van der Waals surface area contributed by atoms with Gasteiger partial charge in [0, 0.05) is 12.0 Å². The highest BCUT2D eigenvalue weighted by molar-refractivity contribution is 5.94. The maximum absolute atomic E-state index is 12.6. The normalized spacial score (nSPS) is 18.4. The summed E-state index contributed by atoms with van der Waals surface area (Å²) in [6.07, 6.45) is -0.0933. The van der Waals surface area contributed by atoms with E-state index in [0.717, 1.165) is 16.7 Å². The number of aliphatic hydroxyl groups excluding tert-OH is 1. The van der Waals surface area contributed by atoms with Gasteiger partial charge < -0.3 is 15.2 Å². The van der Waals surface area contributed by atoms with Crippen LogP contribution in [0.5, 0.6) is 5.75 Å². The predicted molar refractivity (Wildman–Crippen MR) is 96.9 cm³/mol.